The van der Waals surface area contributed by atoms with Gasteiger partial charge in [0.15, 0.2) is 6.61 Å². The first kappa shape index (κ1) is 13.2. The Labute approximate surface area is 121 Å². The molecule has 4 nitrogen and oxygen atoms in total. The zero-order valence-corrected chi connectivity index (χ0v) is 11.3. The Morgan fingerprint density at radius 2 is 1.76 bits per heavy atom. The molecule has 1 aromatic heterocycles. The van der Waals surface area contributed by atoms with Gasteiger partial charge in [-0.1, -0.05) is 36.4 Å². The molecule has 2 aromatic carbocycles. The number of furan rings is 1. The Balaban J connectivity index is 1.51. The fourth-order valence-corrected chi connectivity index (χ4v) is 1.96. The van der Waals surface area contributed by atoms with Crippen LogP contribution in [0.1, 0.15) is 5.76 Å². The summed E-state index contributed by atoms with van der Waals surface area (Å²) in [4.78, 5) is 11.6. The largest absolute Gasteiger partial charge is 0.482 e. The summed E-state index contributed by atoms with van der Waals surface area (Å²) >= 11 is 0. The van der Waals surface area contributed by atoms with Crippen LogP contribution in [0.4, 0.5) is 0 Å². The van der Waals surface area contributed by atoms with Crippen molar-refractivity contribution in [3.63, 3.8) is 0 Å². The van der Waals surface area contributed by atoms with Crippen molar-refractivity contribution >= 4 is 16.9 Å². The lowest BCUT2D eigenvalue weighted by Crippen LogP contribution is -2.14. The Morgan fingerprint density at radius 1 is 1.00 bits per heavy atom. The number of para-hydroxylation sites is 2. The molecular weight excluding hydrogens is 268 g/mol. The molecule has 0 bridgehead atoms. The molecule has 0 radical (unpaired) electrons. The number of esters is 1. The molecule has 0 aliphatic rings. The number of hydrogen-bond donors (Lipinski definition) is 0. The van der Waals surface area contributed by atoms with Gasteiger partial charge in [-0.15, -0.1) is 0 Å². The van der Waals surface area contributed by atoms with Gasteiger partial charge in [-0.3, -0.25) is 0 Å². The van der Waals surface area contributed by atoms with Gasteiger partial charge in [0.1, 0.15) is 23.7 Å². The summed E-state index contributed by atoms with van der Waals surface area (Å²) in [6, 6.07) is 18.6. The van der Waals surface area contributed by atoms with Crippen LogP contribution in [0.15, 0.2) is 65.1 Å². The maximum absolute atomic E-state index is 11.6. The van der Waals surface area contributed by atoms with Crippen molar-refractivity contribution in [1.82, 2.24) is 0 Å². The molecule has 0 amide bonds. The predicted molar refractivity (Wildman–Crippen MR) is 77.9 cm³/mol. The number of benzene rings is 2. The molecule has 21 heavy (non-hydrogen) atoms. The summed E-state index contributed by atoms with van der Waals surface area (Å²) in [7, 11) is 0. The molecule has 1 heterocycles. The first-order chi connectivity index (χ1) is 10.3. The van der Waals surface area contributed by atoms with Crippen molar-refractivity contribution in [3.05, 3.63) is 66.4 Å². The van der Waals surface area contributed by atoms with Gasteiger partial charge in [-0.25, -0.2) is 4.79 Å². The van der Waals surface area contributed by atoms with E-state index in [1.165, 1.54) is 0 Å². The molecule has 3 aromatic rings. The fourth-order valence-electron chi connectivity index (χ4n) is 1.96. The highest BCUT2D eigenvalue weighted by Gasteiger charge is 2.08. The van der Waals surface area contributed by atoms with Crippen LogP contribution in [0.5, 0.6) is 5.75 Å². The van der Waals surface area contributed by atoms with Crippen LogP contribution >= 0.6 is 0 Å². The summed E-state index contributed by atoms with van der Waals surface area (Å²) in [6.45, 7) is -0.0180. The van der Waals surface area contributed by atoms with Crippen LogP contribution < -0.4 is 4.74 Å². The Kier molecular flexibility index (Phi) is 3.87. The standard InChI is InChI=1S/C17H14O4/c18-17(12-19-14-7-2-1-3-8-14)20-11-15-10-13-6-4-5-9-16(13)21-15/h1-10H,11-12H2. The van der Waals surface area contributed by atoms with Gasteiger partial charge in [-0.05, 0) is 24.3 Å². The molecule has 0 unspecified atom stereocenters. The molecule has 0 aliphatic heterocycles. The van der Waals surface area contributed by atoms with E-state index in [0.717, 1.165) is 11.0 Å². The summed E-state index contributed by atoms with van der Waals surface area (Å²) < 4.78 is 16.0. The quantitative estimate of drug-likeness (QED) is 0.671. The zero-order chi connectivity index (χ0) is 14.5. The van der Waals surface area contributed by atoms with Crippen molar-refractivity contribution in [3.8, 4) is 5.75 Å². The first-order valence-electron chi connectivity index (χ1n) is 6.62. The Bertz CT molecular complexity index is 698. The minimum absolute atomic E-state index is 0.103. The first-order valence-corrected chi connectivity index (χ1v) is 6.62. The number of hydrogen-bond acceptors (Lipinski definition) is 4. The van der Waals surface area contributed by atoms with Crippen molar-refractivity contribution in [1.29, 1.82) is 0 Å². The van der Waals surface area contributed by atoms with E-state index in [0.29, 0.717) is 11.5 Å². The van der Waals surface area contributed by atoms with Crippen LogP contribution in [-0.4, -0.2) is 12.6 Å². The van der Waals surface area contributed by atoms with Gasteiger partial charge in [0.25, 0.3) is 0 Å². The third-order valence-electron chi connectivity index (χ3n) is 2.95. The monoisotopic (exact) mass is 282 g/mol. The van der Waals surface area contributed by atoms with Crippen LogP contribution in [0.2, 0.25) is 0 Å². The molecule has 0 aliphatic carbocycles. The molecule has 0 saturated heterocycles. The minimum Gasteiger partial charge on any atom is -0.482 e. The van der Waals surface area contributed by atoms with Gasteiger partial charge in [0.05, 0.1) is 0 Å². The average molecular weight is 282 g/mol. The fraction of sp³-hybridized carbons (Fsp3) is 0.118. The van der Waals surface area contributed by atoms with Crippen molar-refractivity contribution in [2.75, 3.05) is 6.61 Å². The summed E-state index contributed by atoms with van der Waals surface area (Å²) in [6.07, 6.45) is 0. The van der Waals surface area contributed by atoms with Crippen molar-refractivity contribution in [2.45, 2.75) is 6.61 Å². The van der Waals surface area contributed by atoms with E-state index in [4.69, 9.17) is 13.9 Å². The normalized spacial score (nSPS) is 10.5. The highest BCUT2D eigenvalue weighted by Crippen LogP contribution is 2.19. The van der Waals surface area contributed by atoms with Crippen molar-refractivity contribution < 1.29 is 18.7 Å². The molecule has 4 heteroatoms. The maximum atomic E-state index is 11.6. The van der Waals surface area contributed by atoms with Gasteiger partial charge >= 0.3 is 5.97 Å². The second-order valence-electron chi connectivity index (χ2n) is 4.51. The summed E-state index contributed by atoms with van der Waals surface area (Å²) in [5.74, 6) is 0.821. The second kappa shape index (κ2) is 6.13. The molecule has 0 fully saturated rings. The highest BCUT2D eigenvalue weighted by molar-refractivity contribution is 5.77. The number of rotatable bonds is 5. The van der Waals surface area contributed by atoms with E-state index in [1.54, 1.807) is 12.1 Å². The SMILES string of the molecule is O=C(COc1ccccc1)OCc1cc2ccccc2o1. The minimum atomic E-state index is -0.431. The zero-order valence-electron chi connectivity index (χ0n) is 11.3. The topological polar surface area (TPSA) is 48.7 Å². The molecule has 0 atom stereocenters. The third kappa shape index (κ3) is 3.42. The molecule has 0 spiro atoms. The lowest BCUT2D eigenvalue weighted by atomic mass is 10.2. The predicted octanol–water partition coefficient (Wildman–Crippen LogP) is 3.56. The van der Waals surface area contributed by atoms with E-state index < -0.39 is 5.97 Å². The highest BCUT2D eigenvalue weighted by atomic mass is 16.6. The number of ether oxygens (including phenoxy) is 2. The summed E-state index contributed by atoms with van der Waals surface area (Å²) in [5, 5.41) is 0.990. The van der Waals surface area contributed by atoms with E-state index in [9.17, 15) is 4.79 Å². The second-order valence-corrected chi connectivity index (χ2v) is 4.51. The lowest BCUT2D eigenvalue weighted by Gasteiger charge is -2.05. The molecule has 0 N–H and O–H groups in total. The molecule has 0 saturated carbocycles. The Morgan fingerprint density at radius 3 is 2.57 bits per heavy atom. The molecule has 3 rings (SSSR count). The number of carbonyl (C=O) groups is 1. The maximum Gasteiger partial charge on any atom is 0.344 e. The van der Waals surface area contributed by atoms with E-state index in [2.05, 4.69) is 0 Å². The van der Waals surface area contributed by atoms with Crippen LogP contribution in [0.25, 0.3) is 11.0 Å². The Hall–Kier alpha value is -2.75. The lowest BCUT2D eigenvalue weighted by molar-refractivity contribution is -0.147. The van der Waals surface area contributed by atoms with Crippen LogP contribution in [0.3, 0.4) is 0 Å². The average Bonchev–Trinajstić information content (AvgIpc) is 2.95. The summed E-state index contributed by atoms with van der Waals surface area (Å²) in [5.41, 5.74) is 0.782. The van der Waals surface area contributed by atoms with Gasteiger partial charge in [0.2, 0.25) is 0 Å². The molecular formula is C17H14O4. The van der Waals surface area contributed by atoms with E-state index >= 15 is 0 Å². The third-order valence-corrected chi connectivity index (χ3v) is 2.95. The number of carbonyl (C=O) groups excluding carboxylic acids is 1. The van der Waals surface area contributed by atoms with Crippen LogP contribution in [0, 0.1) is 0 Å². The van der Waals surface area contributed by atoms with Gasteiger partial charge < -0.3 is 13.9 Å². The van der Waals surface area contributed by atoms with E-state index in [1.807, 2.05) is 48.5 Å². The molecule has 106 valence electrons. The number of fused-ring (bicyclic) bond motifs is 1. The van der Waals surface area contributed by atoms with Gasteiger partial charge in [-0.2, -0.15) is 0 Å². The van der Waals surface area contributed by atoms with Crippen LogP contribution in [-0.2, 0) is 16.1 Å². The van der Waals surface area contributed by atoms with Gasteiger partial charge in [0, 0.05) is 5.39 Å². The van der Waals surface area contributed by atoms with E-state index in [-0.39, 0.29) is 13.2 Å². The smallest absolute Gasteiger partial charge is 0.344 e. The van der Waals surface area contributed by atoms with Crippen molar-refractivity contribution in [2.24, 2.45) is 0 Å².